The highest BCUT2D eigenvalue weighted by Crippen LogP contribution is 2.31. The van der Waals surface area contributed by atoms with Crippen LogP contribution in [0.1, 0.15) is 56.1 Å². The van der Waals surface area contributed by atoms with Crippen LogP contribution in [0.4, 0.5) is 5.69 Å². The molecule has 104 valence electrons. The molecule has 2 nitrogen and oxygen atoms in total. The molecule has 0 radical (unpaired) electrons. The van der Waals surface area contributed by atoms with Crippen LogP contribution < -0.4 is 5.32 Å². The van der Waals surface area contributed by atoms with E-state index in [0.717, 1.165) is 12.8 Å². The van der Waals surface area contributed by atoms with Crippen molar-refractivity contribution in [2.75, 3.05) is 11.9 Å². The first kappa shape index (κ1) is 13.0. The van der Waals surface area contributed by atoms with Gasteiger partial charge in [0, 0.05) is 12.2 Å². The highest BCUT2D eigenvalue weighted by atomic mass is 16.3. The van der Waals surface area contributed by atoms with E-state index in [1.165, 1.54) is 61.8 Å². The molecule has 0 saturated heterocycles. The lowest BCUT2D eigenvalue weighted by molar-refractivity contribution is 0.0167. The SMILES string of the molecule is OC1(CNc2cccc3c2CCCC3)CCCCC1. The smallest absolute Gasteiger partial charge is 0.0819 e. The van der Waals surface area contributed by atoms with Crippen LogP contribution in [0, 0.1) is 0 Å². The van der Waals surface area contributed by atoms with E-state index in [1.807, 2.05) is 0 Å². The minimum atomic E-state index is -0.477. The van der Waals surface area contributed by atoms with Crippen molar-refractivity contribution in [2.24, 2.45) is 0 Å². The molecule has 2 N–H and O–H groups in total. The molecule has 1 aromatic rings. The maximum absolute atomic E-state index is 10.6. The first-order valence-electron chi connectivity index (χ1n) is 7.84. The summed E-state index contributed by atoms with van der Waals surface area (Å²) in [4.78, 5) is 0. The van der Waals surface area contributed by atoms with Crippen molar-refractivity contribution in [3.63, 3.8) is 0 Å². The van der Waals surface area contributed by atoms with E-state index in [-0.39, 0.29) is 0 Å². The van der Waals surface area contributed by atoms with Gasteiger partial charge in [-0.1, -0.05) is 31.4 Å². The van der Waals surface area contributed by atoms with E-state index in [0.29, 0.717) is 6.54 Å². The van der Waals surface area contributed by atoms with Gasteiger partial charge < -0.3 is 10.4 Å². The first-order valence-corrected chi connectivity index (χ1v) is 7.84. The summed E-state index contributed by atoms with van der Waals surface area (Å²) >= 11 is 0. The number of hydrogen-bond acceptors (Lipinski definition) is 2. The molecule has 2 heteroatoms. The third kappa shape index (κ3) is 2.94. The molecule has 0 bridgehead atoms. The Morgan fingerprint density at radius 2 is 1.79 bits per heavy atom. The van der Waals surface area contributed by atoms with Crippen LogP contribution in [0.25, 0.3) is 0 Å². The molecule has 0 heterocycles. The maximum atomic E-state index is 10.6. The van der Waals surface area contributed by atoms with Crippen molar-refractivity contribution in [1.82, 2.24) is 0 Å². The number of aliphatic hydroxyl groups is 1. The minimum absolute atomic E-state index is 0.477. The van der Waals surface area contributed by atoms with E-state index in [2.05, 4.69) is 23.5 Å². The van der Waals surface area contributed by atoms with Crippen molar-refractivity contribution in [3.8, 4) is 0 Å². The van der Waals surface area contributed by atoms with Gasteiger partial charge in [0.25, 0.3) is 0 Å². The number of benzene rings is 1. The normalized spacial score (nSPS) is 21.7. The quantitative estimate of drug-likeness (QED) is 0.868. The average molecular weight is 259 g/mol. The minimum Gasteiger partial charge on any atom is -0.388 e. The molecular weight excluding hydrogens is 234 g/mol. The summed E-state index contributed by atoms with van der Waals surface area (Å²) in [7, 11) is 0. The Balaban J connectivity index is 1.69. The molecule has 0 atom stereocenters. The van der Waals surface area contributed by atoms with Gasteiger partial charge >= 0.3 is 0 Å². The zero-order valence-corrected chi connectivity index (χ0v) is 11.8. The van der Waals surface area contributed by atoms with Gasteiger partial charge in [-0.3, -0.25) is 0 Å². The molecule has 0 aromatic heterocycles. The lowest BCUT2D eigenvalue weighted by atomic mass is 9.84. The number of aryl methyl sites for hydroxylation is 1. The van der Waals surface area contributed by atoms with Crippen molar-refractivity contribution >= 4 is 5.69 Å². The molecule has 0 amide bonds. The summed E-state index contributed by atoms with van der Waals surface area (Å²) in [6.45, 7) is 0.712. The summed E-state index contributed by atoms with van der Waals surface area (Å²) in [5, 5.41) is 14.1. The third-order valence-corrected chi connectivity index (χ3v) is 4.79. The Hall–Kier alpha value is -1.02. The lowest BCUT2D eigenvalue weighted by Crippen LogP contribution is -2.39. The second-order valence-corrected chi connectivity index (χ2v) is 6.29. The Bertz CT molecular complexity index is 435. The van der Waals surface area contributed by atoms with E-state index in [1.54, 1.807) is 0 Å². The molecule has 1 saturated carbocycles. The summed E-state index contributed by atoms with van der Waals surface area (Å²) in [6.07, 6.45) is 10.6. The van der Waals surface area contributed by atoms with Crippen LogP contribution in [0.5, 0.6) is 0 Å². The lowest BCUT2D eigenvalue weighted by Gasteiger charge is -2.33. The number of fused-ring (bicyclic) bond motifs is 1. The molecule has 19 heavy (non-hydrogen) atoms. The fourth-order valence-electron chi connectivity index (χ4n) is 3.59. The first-order chi connectivity index (χ1) is 9.27. The van der Waals surface area contributed by atoms with E-state index in [9.17, 15) is 5.11 Å². The van der Waals surface area contributed by atoms with Crippen LogP contribution in [0.15, 0.2) is 18.2 Å². The largest absolute Gasteiger partial charge is 0.388 e. The molecule has 1 aromatic carbocycles. The van der Waals surface area contributed by atoms with E-state index in [4.69, 9.17) is 0 Å². The molecule has 0 aliphatic heterocycles. The van der Waals surface area contributed by atoms with Crippen LogP contribution in [-0.4, -0.2) is 17.3 Å². The number of nitrogens with one attached hydrogen (secondary N) is 1. The average Bonchev–Trinajstić information content (AvgIpc) is 2.46. The van der Waals surface area contributed by atoms with Crippen molar-refractivity contribution in [1.29, 1.82) is 0 Å². The molecule has 3 rings (SSSR count). The van der Waals surface area contributed by atoms with Crippen molar-refractivity contribution < 1.29 is 5.11 Å². The number of anilines is 1. The standard InChI is InChI=1S/C17H25NO/c19-17(11-4-1-5-12-17)13-18-16-10-6-8-14-7-2-3-9-15(14)16/h6,8,10,18-19H,1-5,7,9,11-13H2. The van der Waals surface area contributed by atoms with Gasteiger partial charge in [0.2, 0.25) is 0 Å². The summed E-state index contributed by atoms with van der Waals surface area (Å²) < 4.78 is 0. The summed E-state index contributed by atoms with van der Waals surface area (Å²) in [5.41, 5.74) is 3.78. The fraction of sp³-hybridized carbons (Fsp3) is 0.647. The van der Waals surface area contributed by atoms with Gasteiger partial charge in [-0.05, 0) is 55.7 Å². The topological polar surface area (TPSA) is 32.3 Å². The van der Waals surface area contributed by atoms with Crippen molar-refractivity contribution in [3.05, 3.63) is 29.3 Å². The Kier molecular flexibility index (Phi) is 3.79. The van der Waals surface area contributed by atoms with Crippen LogP contribution >= 0.6 is 0 Å². The van der Waals surface area contributed by atoms with Gasteiger partial charge in [0.05, 0.1) is 5.60 Å². The molecular formula is C17H25NO. The van der Waals surface area contributed by atoms with Crippen molar-refractivity contribution in [2.45, 2.75) is 63.4 Å². The monoisotopic (exact) mass is 259 g/mol. The Morgan fingerprint density at radius 3 is 2.63 bits per heavy atom. The van der Waals surface area contributed by atoms with E-state index < -0.39 is 5.60 Å². The third-order valence-electron chi connectivity index (χ3n) is 4.79. The van der Waals surface area contributed by atoms with Gasteiger partial charge in [-0.2, -0.15) is 0 Å². The van der Waals surface area contributed by atoms with Gasteiger partial charge in [0.15, 0.2) is 0 Å². The summed E-state index contributed by atoms with van der Waals surface area (Å²) in [6, 6.07) is 6.59. The predicted octanol–water partition coefficient (Wildman–Crippen LogP) is 3.67. The summed E-state index contributed by atoms with van der Waals surface area (Å²) in [5.74, 6) is 0. The molecule has 1 fully saturated rings. The fourth-order valence-corrected chi connectivity index (χ4v) is 3.59. The second kappa shape index (κ2) is 5.54. The predicted molar refractivity (Wildman–Crippen MR) is 79.6 cm³/mol. The molecule has 2 aliphatic rings. The van der Waals surface area contributed by atoms with Crippen LogP contribution in [-0.2, 0) is 12.8 Å². The van der Waals surface area contributed by atoms with E-state index >= 15 is 0 Å². The Morgan fingerprint density at radius 1 is 1.00 bits per heavy atom. The second-order valence-electron chi connectivity index (χ2n) is 6.29. The van der Waals surface area contributed by atoms with Crippen LogP contribution in [0.3, 0.4) is 0 Å². The highest BCUT2D eigenvalue weighted by molar-refractivity contribution is 5.55. The molecule has 2 aliphatic carbocycles. The van der Waals surface area contributed by atoms with Crippen LogP contribution in [0.2, 0.25) is 0 Å². The molecule has 0 unspecified atom stereocenters. The Labute approximate surface area is 116 Å². The zero-order valence-electron chi connectivity index (χ0n) is 11.8. The number of rotatable bonds is 3. The highest BCUT2D eigenvalue weighted by Gasteiger charge is 2.29. The van der Waals surface area contributed by atoms with Gasteiger partial charge in [-0.25, -0.2) is 0 Å². The van der Waals surface area contributed by atoms with Gasteiger partial charge in [0.1, 0.15) is 0 Å². The molecule has 0 spiro atoms. The zero-order chi connectivity index (χ0) is 13.1. The van der Waals surface area contributed by atoms with Gasteiger partial charge in [-0.15, -0.1) is 0 Å². The number of hydrogen-bond donors (Lipinski definition) is 2. The maximum Gasteiger partial charge on any atom is 0.0819 e.